The van der Waals surface area contributed by atoms with Gasteiger partial charge in [0.15, 0.2) is 6.79 Å². The predicted octanol–water partition coefficient (Wildman–Crippen LogP) is 2.29. The van der Waals surface area contributed by atoms with E-state index in [1.165, 1.54) is 0 Å². The number of carbonyl (C=O) groups is 1. The van der Waals surface area contributed by atoms with Gasteiger partial charge in [0.1, 0.15) is 0 Å². The van der Waals surface area contributed by atoms with Crippen LogP contribution in [0.15, 0.2) is 24.8 Å². The summed E-state index contributed by atoms with van der Waals surface area (Å²) in [5.41, 5.74) is 0.458. The smallest absolute Gasteiger partial charge is 0.335 e. The summed E-state index contributed by atoms with van der Waals surface area (Å²) in [7, 11) is 0. The maximum Gasteiger partial charge on any atom is 0.335 e. The summed E-state index contributed by atoms with van der Waals surface area (Å²) in [6.45, 7) is 12.7. The standard InChI is InChI=1S/C11H18O3/c1-6-9(4)13-7-14-11(12)10(5)8(2)3/h6,8-9H,1,5,7H2,2-4H3. The van der Waals surface area contributed by atoms with E-state index in [-0.39, 0.29) is 18.8 Å². The van der Waals surface area contributed by atoms with Crippen molar-refractivity contribution in [2.24, 2.45) is 5.92 Å². The minimum Gasteiger partial charge on any atom is -0.435 e. The molecule has 3 nitrogen and oxygen atoms in total. The van der Waals surface area contributed by atoms with Gasteiger partial charge in [0, 0.05) is 5.57 Å². The summed E-state index contributed by atoms with van der Waals surface area (Å²) in [4.78, 5) is 11.2. The fourth-order valence-electron chi connectivity index (χ4n) is 0.591. The topological polar surface area (TPSA) is 35.5 Å². The molecule has 0 rings (SSSR count). The van der Waals surface area contributed by atoms with Gasteiger partial charge in [0.25, 0.3) is 0 Å². The molecule has 0 aliphatic rings. The van der Waals surface area contributed by atoms with Crippen molar-refractivity contribution in [3.63, 3.8) is 0 Å². The van der Waals surface area contributed by atoms with E-state index in [2.05, 4.69) is 13.2 Å². The second-order valence-corrected chi connectivity index (χ2v) is 3.34. The van der Waals surface area contributed by atoms with E-state index in [1.807, 2.05) is 20.8 Å². The number of rotatable bonds is 6. The highest BCUT2D eigenvalue weighted by Crippen LogP contribution is 2.08. The number of hydrogen-bond acceptors (Lipinski definition) is 3. The second kappa shape index (κ2) is 6.38. The first kappa shape index (κ1) is 12.9. The fraction of sp³-hybridized carbons (Fsp3) is 0.545. The SMILES string of the molecule is C=CC(C)OCOC(=O)C(=C)C(C)C. The summed E-state index contributed by atoms with van der Waals surface area (Å²) in [6, 6.07) is 0. The van der Waals surface area contributed by atoms with Crippen LogP contribution in [0.2, 0.25) is 0 Å². The zero-order valence-corrected chi connectivity index (χ0v) is 9.08. The first-order valence-electron chi connectivity index (χ1n) is 4.59. The molecule has 0 aromatic heterocycles. The molecule has 0 saturated heterocycles. The molecule has 0 amide bonds. The van der Waals surface area contributed by atoms with Crippen molar-refractivity contribution in [3.8, 4) is 0 Å². The monoisotopic (exact) mass is 198 g/mol. The van der Waals surface area contributed by atoms with Crippen molar-refractivity contribution >= 4 is 5.97 Å². The third-order valence-electron chi connectivity index (χ3n) is 1.81. The summed E-state index contributed by atoms with van der Waals surface area (Å²) >= 11 is 0. The zero-order chi connectivity index (χ0) is 11.1. The Morgan fingerprint density at radius 3 is 2.43 bits per heavy atom. The van der Waals surface area contributed by atoms with Crippen LogP contribution in [0.4, 0.5) is 0 Å². The third-order valence-corrected chi connectivity index (χ3v) is 1.81. The summed E-state index contributed by atoms with van der Waals surface area (Å²) in [5.74, 6) is -0.310. The van der Waals surface area contributed by atoms with Crippen molar-refractivity contribution in [1.29, 1.82) is 0 Å². The Hall–Kier alpha value is -1.09. The van der Waals surface area contributed by atoms with Gasteiger partial charge in [-0.3, -0.25) is 0 Å². The molecule has 0 N–H and O–H groups in total. The molecule has 0 saturated carbocycles. The third kappa shape index (κ3) is 4.82. The van der Waals surface area contributed by atoms with E-state index in [0.717, 1.165) is 0 Å². The van der Waals surface area contributed by atoms with E-state index in [9.17, 15) is 4.79 Å². The molecule has 14 heavy (non-hydrogen) atoms. The van der Waals surface area contributed by atoms with Crippen LogP contribution in [0.3, 0.4) is 0 Å². The summed E-state index contributed by atoms with van der Waals surface area (Å²) in [5, 5.41) is 0. The lowest BCUT2D eigenvalue weighted by molar-refractivity contribution is -0.154. The number of esters is 1. The molecule has 3 heteroatoms. The molecule has 1 unspecified atom stereocenters. The Morgan fingerprint density at radius 2 is 2.00 bits per heavy atom. The van der Waals surface area contributed by atoms with Gasteiger partial charge in [-0.15, -0.1) is 6.58 Å². The van der Waals surface area contributed by atoms with Crippen LogP contribution in [0.25, 0.3) is 0 Å². The van der Waals surface area contributed by atoms with E-state index < -0.39 is 5.97 Å². The lowest BCUT2D eigenvalue weighted by atomic mass is 10.1. The maximum atomic E-state index is 11.2. The van der Waals surface area contributed by atoms with Gasteiger partial charge in [-0.2, -0.15) is 0 Å². The van der Waals surface area contributed by atoms with Crippen LogP contribution in [-0.2, 0) is 14.3 Å². The molecule has 1 atom stereocenters. The summed E-state index contributed by atoms with van der Waals surface area (Å²) in [6.07, 6.45) is 1.51. The molecule has 0 radical (unpaired) electrons. The minimum absolute atomic E-state index is 0.0578. The molecule has 0 heterocycles. The quantitative estimate of drug-likeness (QED) is 0.284. The van der Waals surface area contributed by atoms with Crippen LogP contribution < -0.4 is 0 Å². The molecule has 0 spiro atoms. The van der Waals surface area contributed by atoms with E-state index >= 15 is 0 Å². The average molecular weight is 198 g/mol. The van der Waals surface area contributed by atoms with Crippen LogP contribution in [-0.4, -0.2) is 18.9 Å². The molecule has 80 valence electrons. The normalized spacial score (nSPS) is 12.3. The van der Waals surface area contributed by atoms with Crippen molar-refractivity contribution in [1.82, 2.24) is 0 Å². The minimum atomic E-state index is -0.406. The van der Waals surface area contributed by atoms with E-state index in [0.29, 0.717) is 5.57 Å². The molecule has 0 aliphatic carbocycles. The molecule has 0 fully saturated rings. The van der Waals surface area contributed by atoms with Gasteiger partial charge in [0.05, 0.1) is 6.10 Å². The van der Waals surface area contributed by atoms with Crippen molar-refractivity contribution in [3.05, 3.63) is 24.8 Å². The predicted molar refractivity (Wildman–Crippen MR) is 55.7 cm³/mol. The number of ether oxygens (including phenoxy) is 2. The highest BCUT2D eigenvalue weighted by molar-refractivity contribution is 5.88. The number of carbonyl (C=O) groups excluding carboxylic acids is 1. The number of hydrogen-bond donors (Lipinski definition) is 0. The van der Waals surface area contributed by atoms with Gasteiger partial charge in [0.2, 0.25) is 0 Å². The largest absolute Gasteiger partial charge is 0.435 e. The summed E-state index contributed by atoms with van der Waals surface area (Å²) < 4.78 is 9.92. The van der Waals surface area contributed by atoms with Crippen molar-refractivity contribution in [2.75, 3.05) is 6.79 Å². The Kier molecular flexibility index (Phi) is 5.88. The highest BCUT2D eigenvalue weighted by atomic mass is 16.7. The average Bonchev–Trinajstić information content (AvgIpc) is 2.15. The lowest BCUT2D eigenvalue weighted by Gasteiger charge is -2.11. The molecule has 0 aliphatic heterocycles. The van der Waals surface area contributed by atoms with Gasteiger partial charge in [-0.1, -0.05) is 26.5 Å². The molecule has 0 bridgehead atoms. The molecular formula is C11H18O3. The lowest BCUT2D eigenvalue weighted by Crippen LogP contribution is -2.16. The molecule has 0 aromatic carbocycles. The fourth-order valence-corrected chi connectivity index (χ4v) is 0.591. The van der Waals surface area contributed by atoms with Gasteiger partial charge < -0.3 is 9.47 Å². The highest BCUT2D eigenvalue weighted by Gasteiger charge is 2.11. The first-order chi connectivity index (χ1) is 6.49. The van der Waals surface area contributed by atoms with Crippen LogP contribution in [0.5, 0.6) is 0 Å². The molecular weight excluding hydrogens is 180 g/mol. The van der Waals surface area contributed by atoms with Crippen LogP contribution >= 0.6 is 0 Å². The van der Waals surface area contributed by atoms with E-state index in [1.54, 1.807) is 6.08 Å². The second-order valence-electron chi connectivity index (χ2n) is 3.34. The molecule has 0 aromatic rings. The Bertz CT molecular complexity index is 219. The van der Waals surface area contributed by atoms with Crippen molar-refractivity contribution in [2.45, 2.75) is 26.9 Å². The first-order valence-corrected chi connectivity index (χ1v) is 4.59. The Morgan fingerprint density at radius 1 is 1.43 bits per heavy atom. The van der Waals surface area contributed by atoms with Gasteiger partial charge in [-0.25, -0.2) is 4.79 Å². The maximum absolute atomic E-state index is 11.2. The van der Waals surface area contributed by atoms with Gasteiger partial charge >= 0.3 is 5.97 Å². The van der Waals surface area contributed by atoms with E-state index in [4.69, 9.17) is 9.47 Å². The van der Waals surface area contributed by atoms with Crippen LogP contribution in [0.1, 0.15) is 20.8 Å². The van der Waals surface area contributed by atoms with Crippen molar-refractivity contribution < 1.29 is 14.3 Å². The Balaban J connectivity index is 3.75. The van der Waals surface area contributed by atoms with Crippen LogP contribution in [0, 0.1) is 5.92 Å². The van der Waals surface area contributed by atoms with Gasteiger partial charge in [-0.05, 0) is 12.8 Å². The Labute approximate surface area is 85.4 Å². The zero-order valence-electron chi connectivity index (χ0n) is 9.08.